The number of pyridine rings is 1. The SMILES string of the molecule is CCCc1cc(C(C)C)c(-c2cnn(-c3[c-]c(Oc4[c-]c5c(cc4)c4ccccc4n5-c4cc(C)ccn4)ccc3)c2)c(C(C)C)c1.[Pt+2]. The number of hydrogen-bond acceptors (Lipinski definition) is 3. The third kappa shape index (κ3) is 6.36. The predicted octanol–water partition coefficient (Wildman–Crippen LogP) is 10.9. The van der Waals surface area contributed by atoms with Crippen molar-refractivity contribution >= 4 is 21.8 Å². The molecule has 0 aliphatic carbocycles. The first-order valence-electron chi connectivity index (χ1n) is 16.6. The van der Waals surface area contributed by atoms with Crippen LogP contribution in [0.5, 0.6) is 11.5 Å². The number of benzene rings is 4. The molecule has 5 nitrogen and oxygen atoms in total. The third-order valence-corrected chi connectivity index (χ3v) is 8.82. The molecule has 0 atom stereocenters. The van der Waals surface area contributed by atoms with Crippen LogP contribution in [0, 0.1) is 19.1 Å². The second-order valence-electron chi connectivity index (χ2n) is 13.0. The van der Waals surface area contributed by atoms with Crippen molar-refractivity contribution in [2.75, 3.05) is 0 Å². The summed E-state index contributed by atoms with van der Waals surface area (Å²) in [4.78, 5) is 4.69. The molecule has 0 fully saturated rings. The Hall–Kier alpha value is -4.47. The molecule has 0 spiro atoms. The first-order valence-corrected chi connectivity index (χ1v) is 16.6. The number of rotatable bonds is 9. The first-order chi connectivity index (χ1) is 22.8. The Balaban J connectivity index is 0.00000401. The van der Waals surface area contributed by atoms with Gasteiger partial charge < -0.3 is 9.30 Å². The van der Waals surface area contributed by atoms with Crippen LogP contribution < -0.4 is 4.74 Å². The summed E-state index contributed by atoms with van der Waals surface area (Å²) < 4.78 is 10.4. The van der Waals surface area contributed by atoms with E-state index in [1.807, 2.05) is 47.4 Å². The fourth-order valence-electron chi connectivity index (χ4n) is 6.57. The van der Waals surface area contributed by atoms with Crippen molar-refractivity contribution in [1.29, 1.82) is 0 Å². The van der Waals surface area contributed by atoms with Crippen LogP contribution in [0.1, 0.15) is 75.1 Å². The van der Waals surface area contributed by atoms with Crippen molar-refractivity contribution in [2.45, 2.75) is 66.2 Å². The summed E-state index contributed by atoms with van der Waals surface area (Å²) >= 11 is 0. The zero-order chi connectivity index (χ0) is 32.7. The van der Waals surface area contributed by atoms with Gasteiger partial charge in [-0.3, -0.25) is 4.68 Å². The molecule has 0 saturated carbocycles. The number of hydrogen-bond donors (Lipinski definition) is 0. The van der Waals surface area contributed by atoms with E-state index in [1.165, 1.54) is 22.3 Å². The topological polar surface area (TPSA) is 44.9 Å². The van der Waals surface area contributed by atoms with E-state index in [1.54, 1.807) is 0 Å². The zero-order valence-electron chi connectivity index (χ0n) is 28.3. The molecule has 3 heterocycles. The van der Waals surface area contributed by atoms with Gasteiger partial charge in [0.25, 0.3) is 0 Å². The molecule has 7 rings (SSSR count). The van der Waals surface area contributed by atoms with Gasteiger partial charge in [-0.15, -0.1) is 35.7 Å². The number of ether oxygens (including phenoxy) is 1. The Morgan fingerprint density at radius 1 is 0.812 bits per heavy atom. The molecule has 4 aromatic carbocycles. The molecule has 0 aliphatic rings. The Labute approximate surface area is 297 Å². The maximum Gasteiger partial charge on any atom is 2.00 e. The maximum atomic E-state index is 6.40. The van der Waals surface area contributed by atoms with Gasteiger partial charge in [0.2, 0.25) is 0 Å². The Morgan fingerprint density at radius 3 is 2.29 bits per heavy atom. The van der Waals surface area contributed by atoms with Crippen LogP contribution in [-0.2, 0) is 27.5 Å². The molecule has 0 amide bonds. The second-order valence-corrected chi connectivity index (χ2v) is 13.0. The summed E-state index contributed by atoms with van der Waals surface area (Å²) in [6.07, 6.45) is 8.18. The van der Waals surface area contributed by atoms with E-state index in [9.17, 15) is 0 Å². The van der Waals surface area contributed by atoms with E-state index in [0.717, 1.165) is 57.3 Å². The van der Waals surface area contributed by atoms with Crippen LogP contribution in [-0.4, -0.2) is 19.3 Å². The molecule has 0 N–H and O–H groups in total. The summed E-state index contributed by atoms with van der Waals surface area (Å²) in [6.45, 7) is 13.5. The van der Waals surface area contributed by atoms with E-state index in [4.69, 9.17) is 14.8 Å². The standard InChI is InChI=1S/C42H40N4O.Pt/c1-7-11-30-21-37(27(2)3)42(38(22-30)28(4)5)31-25-44-45(26-31)32-12-10-13-33(23-32)47-34-16-17-36-35-14-8-9-15-39(35)46(40(36)24-34)41-20-29(6)18-19-43-41;/h8-10,12-22,25-28H,7,11H2,1-6H3;/q-2;+2. The summed E-state index contributed by atoms with van der Waals surface area (Å²) in [7, 11) is 0. The minimum atomic E-state index is 0. The summed E-state index contributed by atoms with van der Waals surface area (Å²) in [5.74, 6) is 2.87. The normalized spacial score (nSPS) is 11.5. The molecule has 3 aromatic heterocycles. The molecule has 7 aromatic rings. The van der Waals surface area contributed by atoms with Crippen molar-refractivity contribution in [3.05, 3.63) is 132 Å². The molecular formula is C42H40N4OPt. The monoisotopic (exact) mass is 811 g/mol. The predicted molar refractivity (Wildman–Crippen MR) is 192 cm³/mol. The quantitative estimate of drug-likeness (QED) is 0.136. The van der Waals surface area contributed by atoms with Crippen molar-refractivity contribution in [1.82, 2.24) is 19.3 Å². The number of fused-ring (bicyclic) bond motifs is 3. The smallest absolute Gasteiger partial charge is 0.509 e. The van der Waals surface area contributed by atoms with Gasteiger partial charge in [-0.1, -0.05) is 76.9 Å². The van der Waals surface area contributed by atoms with Crippen molar-refractivity contribution in [2.24, 2.45) is 0 Å². The van der Waals surface area contributed by atoms with Crippen LogP contribution in [0.3, 0.4) is 0 Å². The van der Waals surface area contributed by atoms with Gasteiger partial charge in [-0.25, -0.2) is 4.98 Å². The molecule has 0 saturated heterocycles. The van der Waals surface area contributed by atoms with Gasteiger partial charge in [0.05, 0.1) is 6.20 Å². The fourth-order valence-corrected chi connectivity index (χ4v) is 6.57. The van der Waals surface area contributed by atoms with Gasteiger partial charge in [0.15, 0.2) is 0 Å². The zero-order valence-corrected chi connectivity index (χ0v) is 30.6. The number of para-hydroxylation sites is 1. The fraction of sp³-hybridized carbons (Fsp3) is 0.238. The Morgan fingerprint density at radius 2 is 1.56 bits per heavy atom. The molecule has 0 bridgehead atoms. The first kappa shape index (κ1) is 33.4. The van der Waals surface area contributed by atoms with E-state index >= 15 is 0 Å². The number of nitrogens with zero attached hydrogens (tertiary/aromatic N) is 4. The minimum Gasteiger partial charge on any atom is -0.509 e. The Kier molecular flexibility index (Phi) is 9.71. The van der Waals surface area contributed by atoms with Crippen LogP contribution in [0.4, 0.5) is 0 Å². The van der Waals surface area contributed by atoms with Crippen LogP contribution in [0.25, 0.3) is 44.4 Å². The molecule has 0 radical (unpaired) electrons. The summed E-state index contributed by atoms with van der Waals surface area (Å²) in [6, 6.07) is 34.2. The number of aromatic nitrogens is 4. The average molecular weight is 812 g/mol. The van der Waals surface area contributed by atoms with E-state index in [2.05, 4.69) is 113 Å². The maximum absolute atomic E-state index is 6.40. The van der Waals surface area contributed by atoms with E-state index in [0.29, 0.717) is 23.3 Å². The third-order valence-electron chi connectivity index (χ3n) is 8.82. The molecule has 244 valence electrons. The summed E-state index contributed by atoms with van der Waals surface area (Å²) in [5, 5.41) is 7.05. The molecule has 0 aliphatic heterocycles. The number of aryl methyl sites for hydroxylation is 2. The Bertz CT molecular complexity index is 2200. The largest absolute Gasteiger partial charge is 2.00 e. The van der Waals surface area contributed by atoms with Crippen LogP contribution in [0.15, 0.2) is 97.5 Å². The van der Waals surface area contributed by atoms with Crippen molar-refractivity contribution in [3.63, 3.8) is 0 Å². The molecule has 48 heavy (non-hydrogen) atoms. The van der Waals surface area contributed by atoms with Crippen molar-refractivity contribution < 1.29 is 25.8 Å². The van der Waals surface area contributed by atoms with Crippen LogP contribution in [0.2, 0.25) is 0 Å². The summed E-state index contributed by atoms with van der Waals surface area (Å²) in [5.41, 5.74) is 10.6. The average Bonchev–Trinajstić information content (AvgIpc) is 3.68. The molecule has 0 unspecified atom stereocenters. The van der Waals surface area contributed by atoms with Gasteiger partial charge in [0.1, 0.15) is 5.82 Å². The minimum absolute atomic E-state index is 0. The molecule has 6 heteroatoms. The van der Waals surface area contributed by atoms with Gasteiger partial charge in [0, 0.05) is 35.0 Å². The van der Waals surface area contributed by atoms with E-state index < -0.39 is 0 Å². The van der Waals surface area contributed by atoms with Crippen LogP contribution >= 0.6 is 0 Å². The van der Waals surface area contributed by atoms with E-state index in [-0.39, 0.29) is 21.1 Å². The van der Waals surface area contributed by atoms with Gasteiger partial charge in [-0.05, 0) is 82.3 Å². The second kappa shape index (κ2) is 13.9. The molecular weight excluding hydrogens is 772 g/mol. The van der Waals surface area contributed by atoms with Gasteiger partial charge >= 0.3 is 21.1 Å². The van der Waals surface area contributed by atoms with Crippen molar-refractivity contribution in [3.8, 4) is 34.1 Å². The van der Waals surface area contributed by atoms with Gasteiger partial charge in [-0.2, -0.15) is 17.2 Å².